The van der Waals surface area contributed by atoms with Gasteiger partial charge in [-0.3, -0.25) is 4.79 Å². The van der Waals surface area contributed by atoms with Crippen molar-refractivity contribution in [3.8, 4) is 0 Å². The first-order valence-corrected chi connectivity index (χ1v) is 8.97. The highest BCUT2D eigenvalue weighted by molar-refractivity contribution is 7.80. The summed E-state index contributed by atoms with van der Waals surface area (Å²) in [6, 6.07) is 0.164. The number of unbranched alkanes of at least 4 members (excludes halogenated alkanes) is 8. The molecule has 0 aliphatic rings. The lowest BCUT2D eigenvalue weighted by atomic mass is 10.1. The number of thiocarbonyl (C=S) groups is 1. The molecule has 124 valence electrons. The van der Waals surface area contributed by atoms with Gasteiger partial charge in [-0.05, 0) is 20.3 Å². The van der Waals surface area contributed by atoms with Gasteiger partial charge in [0, 0.05) is 12.5 Å². The molecule has 0 heterocycles. The van der Waals surface area contributed by atoms with E-state index in [2.05, 4.69) is 6.92 Å². The highest BCUT2D eigenvalue weighted by atomic mass is 32.1. The van der Waals surface area contributed by atoms with Gasteiger partial charge in [-0.15, -0.1) is 0 Å². The van der Waals surface area contributed by atoms with Crippen LogP contribution in [-0.2, 0) is 4.79 Å². The molecule has 0 bridgehead atoms. The zero-order valence-corrected chi connectivity index (χ0v) is 15.0. The first kappa shape index (κ1) is 20.4. The standard InChI is InChI=1S/C17H34N2OS/c1-4-5-6-7-8-9-10-11-12-13-17(20)19(15(2)3)14-16(18)21/h15H,4-14H2,1-3H3,(H2,18,21). The molecule has 0 fully saturated rings. The number of amides is 1. The van der Waals surface area contributed by atoms with Crippen molar-refractivity contribution in [1.82, 2.24) is 4.90 Å². The topological polar surface area (TPSA) is 46.3 Å². The van der Waals surface area contributed by atoms with Gasteiger partial charge in [0.2, 0.25) is 5.91 Å². The lowest BCUT2D eigenvalue weighted by Gasteiger charge is -2.26. The van der Waals surface area contributed by atoms with Crippen LogP contribution in [0.25, 0.3) is 0 Å². The van der Waals surface area contributed by atoms with E-state index < -0.39 is 0 Å². The van der Waals surface area contributed by atoms with Gasteiger partial charge >= 0.3 is 0 Å². The molecule has 0 atom stereocenters. The van der Waals surface area contributed by atoms with E-state index in [-0.39, 0.29) is 11.9 Å². The van der Waals surface area contributed by atoms with Crippen LogP contribution in [0.5, 0.6) is 0 Å². The van der Waals surface area contributed by atoms with Crippen molar-refractivity contribution in [2.45, 2.75) is 91.0 Å². The minimum atomic E-state index is 0.164. The summed E-state index contributed by atoms with van der Waals surface area (Å²) in [4.78, 5) is 14.3. The van der Waals surface area contributed by atoms with E-state index in [0.717, 1.165) is 12.8 Å². The Balaban J connectivity index is 3.65. The van der Waals surface area contributed by atoms with E-state index in [1.807, 2.05) is 13.8 Å². The highest BCUT2D eigenvalue weighted by Crippen LogP contribution is 2.12. The summed E-state index contributed by atoms with van der Waals surface area (Å²) in [5, 5.41) is 0. The first-order chi connectivity index (χ1) is 9.99. The Kier molecular flexibility index (Phi) is 12.7. The van der Waals surface area contributed by atoms with Crippen LogP contribution < -0.4 is 5.73 Å². The van der Waals surface area contributed by atoms with Gasteiger partial charge in [-0.2, -0.15) is 0 Å². The van der Waals surface area contributed by atoms with Crippen molar-refractivity contribution in [2.75, 3.05) is 6.54 Å². The van der Waals surface area contributed by atoms with Crippen LogP contribution in [-0.4, -0.2) is 28.4 Å². The molecule has 0 aliphatic heterocycles. The number of nitrogens with two attached hydrogens (primary N) is 1. The Morgan fingerprint density at radius 3 is 1.90 bits per heavy atom. The normalized spacial score (nSPS) is 10.9. The van der Waals surface area contributed by atoms with Gasteiger partial charge in [0.1, 0.15) is 0 Å². The number of rotatable bonds is 13. The van der Waals surface area contributed by atoms with Crippen LogP contribution in [0.1, 0.15) is 85.0 Å². The van der Waals surface area contributed by atoms with E-state index in [0.29, 0.717) is 18.0 Å². The maximum absolute atomic E-state index is 12.1. The first-order valence-electron chi connectivity index (χ1n) is 8.56. The fourth-order valence-corrected chi connectivity index (χ4v) is 2.60. The van der Waals surface area contributed by atoms with Gasteiger partial charge in [-0.25, -0.2) is 0 Å². The molecule has 0 unspecified atom stereocenters. The average molecular weight is 315 g/mol. The quantitative estimate of drug-likeness (QED) is 0.404. The molecule has 0 aromatic rings. The van der Waals surface area contributed by atoms with Crippen molar-refractivity contribution in [3.63, 3.8) is 0 Å². The summed E-state index contributed by atoms with van der Waals surface area (Å²) >= 11 is 4.91. The third-order valence-electron chi connectivity index (χ3n) is 3.76. The average Bonchev–Trinajstić information content (AvgIpc) is 2.42. The number of carbonyl (C=O) groups is 1. The molecular weight excluding hydrogens is 280 g/mol. The Morgan fingerprint density at radius 2 is 1.48 bits per heavy atom. The molecular formula is C17H34N2OS. The van der Waals surface area contributed by atoms with E-state index in [4.69, 9.17) is 18.0 Å². The maximum Gasteiger partial charge on any atom is 0.223 e. The summed E-state index contributed by atoms with van der Waals surface area (Å²) in [5.74, 6) is 0.181. The predicted octanol–water partition coefficient (Wildman–Crippen LogP) is 4.43. The molecule has 0 saturated heterocycles. The van der Waals surface area contributed by atoms with Crippen LogP contribution in [0, 0.1) is 0 Å². The predicted molar refractivity (Wildman–Crippen MR) is 95.5 cm³/mol. The second kappa shape index (κ2) is 13.1. The zero-order chi connectivity index (χ0) is 16.1. The molecule has 0 spiro atoms. The smallest absolute Gasteiger partial charge is 0.223 e. The zero-order valence-electron chi connectivity index (χ0n) is 14.2. The fourth-order valence-electron chi connectivity index (χ4n) is 2.46. The van der Waals surface area contributed by atoms with Crippen molar-refractivity contribution >= 4 is 23.1 Å². The second-order valence-electron chi connectivity index (χ2n) is 6.16. The second-order valence-corrected chi connectivity index (χ2v) is 6.68. The number of carbonyl (C=O) groups excluding carboxylic acids is 1. The van der Waals surface area contributed by atoms with Crippen molar-refractivity contribution in [2.24, 2.45) is 5.73 Å². The molecule has 0 aromatic heterocycles. The summed E-state index contributed by atoms with van der Waals surface area (Å²) < 4.78 is 0. The monoisotopic (exact) mass is 314 g/mol. The van der Waals surface area contributed by atoms with Crippen LogP contribution in [0.2, 0.25) is 0 Å². The van der Waals surface area contributed by atoms with Crippen LogP contribution in [0.15, 0.2) is 0 Å². The molecule has 21 heavy (non-hydrogen) atoms. The van der Waals surface area contributed by atoms with Gasteiger partial charge in [0.25, 0.3) is 0 Å². The fraction of sp³-hybridized carbons (Fsp3) is 0.882. The molecule has 0 rings (SSSR count). The number of hydrogen-bond acceptors (Lipinski definition) is 2. The molecule has 4 heteroatoms. The summed E-state index contributed by atoms with van der Waals surface area (Å²) in [6.45, 7) is 6.66. The van der Waals surface area contributed by atoms with Crippen LogP contribution >= 0.6 is 12.2 Å². The van der Waals surface area contributed by atoms with Gasteiger partial charge in [0.15, 0.2) is 0 Å². The minimum absolute atomic E-state index is 0.164. The van der Waals surface area contributed by atoms with Crippen LogP contribution in [0.3, 0.4) is 0 Å². The van der Waals surface area contributed by atoms with E-state index in [1.165, 1.54) is 44.9 Å². The number of nitrogens with zero attached hydrogens (tertiary/aromatic N) is 1. The third kappa shape index (κ3) is 11.7. The summed E-state index contributed by atoms with van der Waals surface area (Å²) in [5.41, 5.74) is 5.55. The maximum atomic E-state index is 12.1. The lowest BCUT2D eigenvalue weighted by Crippen LogP contribution is -2.42. The van der Waals surface area contributed by atoms with E-state index >= 15 is 0 Å². The van der Waals surface area contributed by atoms with Crippen molar-refractivity contribution in [1.29, 1.82) is 0 Å². The van der Waals surface area contributed by atoms with Crippen LogP contribution in [0.4, 0.5) is 0 Å². The summed E-state index contributed by atoms with van der Waals surface area (Å²) in [7, 11) is 0. The van der Waals surface area contributed by atoms with Gasteiger partial charge < -0.3 is 10.6 Å². The van der Waals surface area contributed by atoms with Gasteiger partial charge in [-0.1, -0.05) is 70.5 Å². The Hall–Kier alpha value is -0.640. The van der Waals surface area contributed by atoms with E-state index in [9.17, 15) is 4.79 Å². The summed E-state index contributed by atoms with van der Waals surface area (Å²) in [6.07, 6.45) is 12.1. The van der Waals surface area contributed by atoms with Crippen molar-refractivity contribution < 1.29 is 4.79 Å². The third-order valence-corrected chi connectivity index (χ3v) is 3.89. The lowest BCUT2D eigenvalue weighted by molar-refractivity contribution is -0.132. The number of hydrogen-bond donors (Lipinski definition) is 1. The molecule has 3 nitrogen and oxygen atoms in total. The highest BCUT2D eigenvalue weighted by Gasteiger charge is 2.16. The van der Waals surface area contributed by atoms with Gasteiger partial charge in [0.05, 0.1) is 11.5 Å². The molecule has 1 amide bonds. The van der Waals surface area contributed by atoms with Crippen molar-refractivity contribution in [3.05, 3.63) is 0 Å². The SMILES string of the molecule is CCCCCCCCCCCC(=O)N(CC(N)=S)C(C)C. The largest absolute Gasteiger partial charge is 0.392 e. The molecule has 0 radical (unpaired) electrons. The molecule has 0 aromatic carbocycles. The molecule has 2 N–H and O–H groups in total. The molecule has 0 saturated carbocycles. The Morgan fingerprint density at radius 1 is 1.00 bits per heavy atom. The Bertz CT molecular complexity index is 293. The minimum Gasteiger partial charge on any atom is -0.392 e. The Labute approximate surface area is 136 Å². The molecule has 0 aliphatic carbocycles. The van der Waals surface area contributed by atoms with E-state index in [1.54, 1.807) is 4.90 Å².